The van der Waals surface area contributed by atoms with Gasteiger partial charge in [0.1, 0.15) is 16.8 Å². The molecular formula is C13H8BrClFN3O. The van der Waals surface area contributed by atoms with E-state index in [1.54, 1.807) is 0 Å². The molecule has 0 spiro atoms. The van der Waals surface area contributed by atoms with Gasteiger partial charge in [-0.25, -0.2) is 9.07 Å². The standard InChI is InChI=1S/C13H8BrClFN3O/c1-2-5-19-13(20)12(14)11(7-17-19)18-8-3-4-10(16)9(15)6-8/h1,3-4,6-7,18H,5H2. The first-order valence-electron chi connectivity index (χ1n) is 5.44. The molecule has 0 unspecified atom stereocenters. The maximum absolute atomic E-state index is 13.1. The normalized spacial score (nSPS) is 10.1. The highest BCUT2D eigenvalue weighted by Gasteiger charge is 2.09. The average molecular weight is 357 g/mol. The van der Waals surface area contributed by atoms with Crippen LogP contribution in [0.25, 0.3) is 0 Å². The molecule has 2 aromatic rings. The maximum Gasteiger partial charge on any atom is 0.284 e. The quantitative estimate of drug-likeness (QED) is 0.859. The monoisotopic (exact) mass is 355 g/mol. The van der Waals surface area contributed by atoms with Crippen molar-refractivity contribution in [3.05, 3.63) is 50.1 Å². The van der Waals surface area contributed by atoms with Crippen LogP contribution in [-0.2, 0) is 6.54 Å². The van der Waals surface area contributed by atoms with Crippen LogP contribution < -0.4 is 10.9 Å². The summed E-state index contributed by atoms with van der Waals surface area (Å²) in [5.74, 6) is 1.82. The Bertz CT molecular complexity index is 754. The number of halogens is 3. The second-order valence-electron chi connectivity index (χ2n) is 3.79. The summed E-state index contributed by atoms with van der Waals surface area (Å²) in [7, 11) is 0. The number of benzene rings is 1. The van der Waals surface area contributed by atoms with E-state index in [2.05, 4.69) is 32.3 Å². The van der Waals surface area contributed by atoms with Gasteiger partial charge in [0.05, 0.1) is 16.9 Å². The molecule has 7 heteroatoms. The number of anilines is 2. The van der Waals surface area contributed by atoms with Gasteiger partial charge in [-0.15, -0.1) is 6.42 Å². The van der Waals surface area contributed by atoms with Crippen LogP contribution >= 0.6 is 27.5 Å². The van der Waals surface area contributed by atoms with E-state index in [-0.39, 0.29) is 21.6 Å². The number of rotatable bonds is 3. The summed E-state index contributed by atoms with van der Waals surface area (Å²) in [6, 6.07) is 4.14. The zero-order valence-corrected chi connectivity index (χ0v) is 12.4. The zero-order chi connectivity index (χ0) is 14.7. The molecule has 1 N–H and O–H groups in total. The van der Waals surface area contributed by atoms with Gasteiger partial charge in [0, 0.05) is 5.69 Å². The second kappa shape index (κ2) is 6.07. The highest BCUT2D eigenvalue weighted by Crippen LogP contribution is 2.25. The molecule has 1 aromatic heterocycles. The van der Waals surface area contributed by atoms with Gasteiger partial charge in [0.25, 0.3) is 5.56 Å². The lowest BCUT2D eigenvalue weighted by Crippen LogP contribution is -2.23. The Labute approximate surface area is 127 Å². The van der Waals surface area contributed by atoms with Crippen LogP contribution in [0.5, 0.6) is 0 Å². The molecular weight excluding hydrogens is 349 g/mol. The summed E-state index contributed by atoms with van der Waals surface area (Å²) in [5.41, 5.74) is 0.611. The third-order valence-electron chi connectivity index (χ3n) is 2.42. The van der Waals surface area contributed by atoms with E-state index < -0.39 is 5.82 Å². The lowest BCUT2D eigenvalue weighted by molar-refractivity contribution is 0.628. The molecule has 20 heavy (non-hydrogen) atoms. The van der Waals surface area contributed by atoms with E-state index in [9.17, 15) is 9.18 Å². The summed E-state index contributed by atoms with van der Waals surface area (Å²) in [6.07, 6.45) is 6.59. The fraction of sp³-hybridized carbons (Fsp3) is 0.0769. The van der Waals surface area contributed by atoms with Crippen LogP contribution in [0.1, 0.15) is 0 Å². The van der Waals surface area contributed by atoms with Gasteiger partial charge >= 0.3 is 0 Å². The third kappa shape index (κ3) is 3.00. The van der Waals surface area contributed by atoms with Crippen LogP contribution in [0, 0.1) is 18.2 Å². The minimum atomic E-state index is -0.515. The lowest BCUT2D eigenvalue weighted by Gasteiger charge is -2.09. The molecule has 0 saturated heterocycles. The molecule has 0 bridgehead atoms. The van der Waals surface area contributed by atoms with Gasteiger partial charge in [-0.1, -0.05) is 17.5 Å². The Balaban J connectivity index is 2.35. The van der Waals surface area contributed by atoms with Gasteiger partial charge in [-0.05, 0) is 34.1 Å². The molecule has 4 nitrogen and oxygen atoms in total. The fourth-order valence-corrected chi connectivity index (χ4v) is 2.07. The van der Waals surface area contributed by atoms with Gasteiger partial charge < -0.3 is 5.32 Å². The van der Waals surface area contributed by atoms with Gasteiger partial charge in [-0.2, -0.15) is 5.10 Å². The molecule has 0 atom stereocenters. The van der Waals surface area contributed by atoms with Crippen LogP contribution in [-0.4, -0.2) is 9.78 Å². The molecule has 0 fully saturated rings. The van der Waals surface area contributed by atoms with Gasteiger partial charge in [0.15, 0.2) is 0 Å². The fourth-order valence-electron chi connectivity index (χ4n) is 1.48. The topological polar surface area (TPSA) is 46.9 Å². The summed E-state index contributed by atoms with van der Waals surface area (Å²) in [6.45, 7) is 0.0834. The molecule has 102 valence electrons. The van der Waals surface area contributed by atoms with Crippen molar-refractivity contribution < 1.29 is 4.39 Å². The van der Waals surface area contributed by atoms with Crippen molar-refractivity contribution in [1.82, 2.24) is 9.78 Å². The average Bonchev–Trinajstić information content (AvgIpc) is 2.42. The first-order chi connectivity index (χ1) is 9.52. The van der Waals surface area contributed by atoms with Gasteiger partial charge in [0.2, 0.25) is 0 Å². The number of hydrogen-bond donors (Lipinski definition) is 1. The summed E-state index contributed by atoms with van der Waals surface area (Å²) in [5, 5.41) is 6.84. The van der Waals surface area contributed by atoms with E-state index >= 15 is 0 Å². The first kappa shape index (κ1) is 14.6. The predicted octanol–water partition coefficient (Wildman–Crippen LogP) is 3.18. The molecule has 0 radical (unpaired) electrons. The van der Waals surface area contributed by atoms with Gasteiger partial charge in [-0.3, -0.25) is 4.79 Å². The highest BCUT2D eigenvalue weighted by atomic mass is 79.9. The van der Waals surface area contributed by atoms with E-state index in [4.69, 9.17) is 18.0 Å². The minimum Gasteiger partial charge on any atom is -0.353 e. The first-order valence-corrected chi connectivity index (χ1v) is 6.61. The second-order valence-corrected chi connectivity index (χ2v) is 4.99. The number of nitrogens with zero attached hydrogens (tertiary/aromatic N) is 2. The molecule has 0 aliphatic rings. The van der Waals surface area contributed by atoms with Crippen LogP contribution in [0.3, 0.4) is 0 Å². The van der Waals surface area contributed by atoms with E-state index in [1.165, 1.54) is 24.4 Å². The number of nitrogens with one attached hydrogen (secondary N) is 1. The van der Waals surface area contributed by atoms with Crippen molar-refractivity contribution in [3.8, 4) is 12.3 Å². The van der Waals surface area contributed by atoms with E-state index in [0.29, 0.717) is 11.4 Å². The van der Waals surface area contributed by atoms with E-state index in [0.717, 1.165) is 4.68 Å². The predicted molar refractivity (Wildman–Crippen MR) is 79.7 cm³/mol. The Morgan fingerprint density at radius 1 is 1.55 bits per heavy atom. The molecule has 1 aromatic carbocycles. The zero-order valence-electron chi connectivity index (χ0n) is 10.0. The molecule has 1 heterocycles. The highest BCUT2D eigenvalue weighted by molar-refractivity contribution is 9.10. The largest absolute Gasteiger partial charge is 0.353 e. The smallest absolute Gasteiger partial charge is 0.284 e. The van der Waals surface area contributed by atoms with Crippen molar-refractivity contribution >= 4 is 38.9 Å². The van der Waals surface area contributed by atoms with Crippen molar-refractivity contribution in [3.63, 3.8) is 0 Å². The van der Waals surface area contributed by atoms with Crippen molar-refractivity contribution in [2.75, 3.05) is 5.32 Å². The molecule has 0 aliphatic carbocycles. The van der Waals surface area contributed by atoms with Crippen LogP contribution in [0.15, 0.2) is 33.7 Å². The van der Waals surface area contributed by atoms with Crippen LogP contribution in [0.2, 0.25) is 5.02 Å². The lowest BCUT2D eigenvalue weighted by atomic mass is 10.3. The molecule has 0 saturated carbocycles. The van der Waals surface area contributed by atoms with Crippen molar-refractivity contribution in [2.24, 2.45) is 0 Å². The van der Waals surface area contributed by atoms with Crippen molar-refractivity contribution in [1.29, 1.82) is 0 Å². The maximum atomic E-state index is 13.1. The Kier molecular flexibility index (Phi) is 4.42. The number of terminal acetylenes is 1. The Hall–Kier alpha value is -1.84. The summed E-state index contributed by atoms with van der Waals surface area (Å²) >= 11 is 8.87. The minimum absolute atomic E-state index is 0.0141. The number of aromatic nitrogens is 2. The molecule has 0 amide bonds. The Morgan fingerprint density at radius 3 is 2.95 bits per heavy atom. The Morgan fingerprint density at radius 2 is 2.30 bits per heavy atom. The van der Waals surface area contributed by atoms with Crippen LogP contribution in [0.4, 0.5) is 15.8 Å². The SMILES string of the molecule is C#CCn1ncc(Nc2ccc(F)c(Cl)c2)c(Br)c1=O. The van der Waals surface area contributed by atoms with Crippen molar-refractivity contribution in [2.45, 2.75) is 6.54 Å². The number of hydrogen-bond acceptors (Lipinski definition) is 3. The third-order valence-corrected chi connectivity index (χ3v) is 3.48. The van der Waals surface area contributed by atoms with E-state index in [1.807, 2.05) is 0 Å². The molecule has 2 rings (SSSR count). The molecule has 0 aliphatic heterocycles. The summed E-state index contributed by atoms with van der Waals surface area (Å²) in [4.78, 5) is 11.9. The summed E-state index contributed by atoms with van der Waals surface area (Å²) < 4.78 is 14.5.